The van der Waals surface area contributed by atoms with Gasteiger partial charge in [0.15, 0.2) is 0 Å². The predicted octanol–water partition coefficient (Wildman–Crippen LogP) is 3.53. The van der Waals surface area contributed by atoms with Crippen LogP contribution in [0.15, 0.2) is 53.4 Å². The summed E-state index contributed by atoms with van der Waals surface area (Å²) < 4.78 is 12.8. The highest BCUT2D eigenvalue weighted by atomic mass is 32.2. The third-order valence-electron chi connectivity index (χ3n) is 2.67. The number of carbonyl (C=O) groups excluding carboxylic acids is 1. The van der Waals surface area contributed by atoms with E-state index >= 15 is 0 Å². The fraction of sp³-hybridized carbons (Fsp3) is 0.133. The number of thioether (sulfide) groups is 1. The SMILES string of the molecule is CC(Sc1ccc(F)cc1)C(=O)Nc1ccc(N)cc1. The molecule has 1 atom stereocenters. The zero-order valence-corrected chi connectivity index (χ0v) is 11.8. The summed E-state index contributed by atoms with van der Waals surface area (Å²) in [6, 6.07) is 13.0. The van der Waals surface area contributed by atoms with Crippen LogP contribution in [0.3, 0.4) is 0 Å². The molecule has 0 aliphatic heterocycles. The van der Waals surface area contributed by atoms with Crippen molar-refractivity contribution in [2.45, 2.75) is 17.1 Å². The third-order valence-corrected chi connectivity index (χ3v) is 3.79. The van der Waals surface area contributed by atoms with E-state index in [1.807, 2.05) is 0 Å². The quantitative estimate of drug-likeness (QED) is 0.669. The van der Waals surface area contributed by atoms with E-state index in [2.05, 4.69) is 5.32 Å². The summed E-state index contributed by atoms with van der Waals surface area (Å²) in [5.74, 6) is -0.391. The van der Waals surface area contributed by atoms with Crippen molar-refractivity contribution in [2.24, 2.45) is 0 Å². The maximum Gasteiger partial charge on any atom is 0.237 e. The van der Waals surface area contributed by atoms with Gasteiger partial charge in [0.25, 0.3) is 0 Å². The largest absolute Gasteiger partial charge is 0.399 e. The molecule has 1 amide bonds. The first-order valence-corrected chi connectivity index (χ1v) is 7.01. The van der Waals surface area contributed by atoms with Crippen LogP contribution in [0.25, 0.3) is 0 Å². The number of anilines is 2. The topological polar surface area (TPSA) is 55.1 Å². The molecule has 0 bridgehead atoms. The Bertz CT molecular complexity index is 584. The number of hydrogen-bond acceptors (Lipinski definition) is 3. The van der Waals surface area contributed by atoms with Crippen molar-refractivity contribution in [1.82, 2.24) is 0 Å². The first-order chi connectivity index (χ1) is 9.54. The van der Waals surface area contributed by atoms with Crippen LogP contribution in [0.5, 0.6) is 0 Å². The maximum absolute atomic E-state index is 12.8. The van der Waals surface area contributed by atoms with Crippen molar-refractivity contribution in [3.05, 3.63) is 54.3 Å². The smallest absolute Gasteiger partial charge is 0.237 e. The van der Waals surface area contributed by atoms with Gasteiger partial charge < -0.3 is 11.1 Å². The summed E-state index contributed by atoms with van der Waals surface area (Å²) >= 11 is 1.38. The number of amides is 1. The van der Waals surface area contributed by atoms with Gasteiger partial charge in [0.05, 0.1) is 5.25 Å². The molecule has 0 saturated heterocycles. The number of benzene rings is 2. The van der Waals surface area contributed by atoms with Gasteiger partial charge in [-0.05, 0) is 55.5 Å². The molecule has 5 heteroatoms. The second-order valence-electron chi connectivity index (χ2n) is 4.33. The van der Waals surface area contributed by atoms with Crippen LogP contribution in [0.4, 0.5) is 15.8 Å². The van der Waals surface area contributed by atoms with Crippen molar-refractivity contribution in [2.75, 3.05) is 11.1 Å². The number of nitrogens with one attached hydrogen (secondary N) is 1. The highest BCUT2D eigenvalue weighted by molar-refractivity contribution is 8.00. The van der Waals surface area contributed by atoms with E-state index in [4.69, 9.17) is 5.73 Å². The van der Waals surface area contributed by atoms with Crippen LogP contribution < -0.4 is 11.1 Å². The molecule has 0 aliphatic rings. The number of hydrogen-bond donors (Lipinski definition) is 2. The van der Waals surface area contributed by atoms with Gasteiger partial charge in [0.2, 0.25) is 5.91 Å². The first kappa shape index (κ1) is 14.4. The Balaban J connectivity index is 1.94. The Labute approximate surface area is 121 Å². The first-order valence-electron chi connectivity index (χ1n) is 6.13. The standard InChI is InChI=1S/C15H15FN2OS/c1-10(20-14-8-2-11(16)3-9-14)15(19)18-13-6-4-12(17)5-7-13/h2-10H,17H2,1H3,(H,18,19). The van der Waals surface area contributed by atoms with E-state index in [0.717, 1.165) is 4.90 Å². The third kappa shape index (κ3) is 3.99. The zero-order chi connectivity index (χ0) is 14.5. The molecule has 2 rings (SSSR count). The molecule has 0 aliphatic carbocycles. The number of halogens is 1. The second-order valence-corrected chi connectivity index (χ2v) is 5.74. The van der Waals surface area contributed by atoms with E-state index in [0.29, 0.717) is 11.4 Å². The van der Waals surface area contributed by atoms with E-state index < -0.39 is 0 Å². The molecule has 3 nitrogen and oxygen atoms in total. The summed E-state index contributed by atoms with van der Waals surface area (Å²) in [5, 5.41) is 2.53. The molecule has 1 unspecified atom stereocenters. The Morgan fingerprint density at radius 2 is 1.75 bits per heavy atom. The van der Waals surface area contributed by atoms with Gasteiger partial charge in [-0.1, -0.05) is 0 Å². The molecule has 0 heterocycles. The summed E-state index contributed by atoms with van der Waals surface area (Å²) in [6.07, 6.45) is 0. The minimum Gasteiger partial charge on any atom is -0.399 e. The van der Waals surface area contributed by atoms with Crippen LogP contribution in [-0.4, -0.2) is 11.2 Å². The number of nitrogens with two attached hydrogens (primary N) is 1. The van der Waals surface area contributed by atoms with Crippen LogP contribution >= 0.6 is 11.8 Å². The average molecular weight is 290 g/mol. The summed E-state index contributed by atoms with van der Waals surface area (Å²) in [5.41, 5.74) is 6.94. The molecule has 0 aromatic heterocycles. The Hall–Kier alpha value is -2.01. The van der Waals surface area contributed by atoms with Gasteiger partial charge in [-0.25, -0.2) is 4.39 Å². The van der Waals surface area contributed by atoms with Crippen molar-refractivity contribution in [3.8, 4) is 0 Å². The molecule has 2 aromatic carbocycles. The molecule has 104 valence electrons. The Morgan fingerprint density at radius 1 is 1.15 bits per heavy atom. The van der Waals surface area contributed by atoms with Crippen LogP contribution in [0.1, 0.15) is 6.92 Å². The average Bonchev–Trinajstić information content (AvgIpc) is 2.44. The van der Waals surface area contributed by atoms with Crippen molar-refractivity contribution in [3.63, 3.8) is 0 Å². The lowest BCUT2D eigenvalue weighted by atomic mass is 10.3. The molecule has 2 aromatic rings. The highest BCUT2D eigenvalue weighted by Crippen LogP contribution is 2.24. The van der Waals surface area contributed by atoms with E-state index in [1.165, 1.54) is 23.9 Å². The fourth-order valence-corrected chi connectivity index (χ4v) is 2.45. The van der Waals surface area contributed by atoms with Crippen molar-refractivity contribution < 1.29 is 9.18 Å². The van der Waals surface area contributed by atoms with Gasteiger partial charge in [0.1, 0.15) is 5.82 Å². The second kappa shape index (κ2) is 6.43. The molecule has 0 spiro atoms. The van der Waals surface area contributed by atoms with Crippen LogP contribution in [0, 0.1) is 5.82 Å². The van der Waals surface area contributed by atoms with Crippen LogP contribution in [0.2, 0.25) is 0 Å². The molecular weight excluding hydrogens is 275 g/mol. The monoisotopic (exact) mass is 290 g/mol. The number of carbonyl (C=O) groups is 1. The van der Waals surface area contributed by atoms with E-state index in [9.17, 15) is 9.18 Å². The Kier molecular flexibility index (Phi) is 4.63. The van der Waals surface area contributed by atoms with Gasteiger partial charge in [-0.2, -0.15) is 0 Å². The van der Waals surface area contributed by atoms with Gasteiger partial charge in [-0.15, -0.1) is 11.8 Å². The summed E-state index contributed by atoms with van der Waals surface area (Å²) in [6.45, 7) is 1.81. The van der Waals surface area contributed by atoms with Gasteiger partial charge >= 0.3 is 0 Å². The molecule has 0 saturated carbocycles. The van der Waals surface area contributed by atoms with E-state index in [1.54, 1.807) is 43.3 Å². The molecule has 20 heavy (non-hydrogen) atoms. The lowest BCUT2D eigenvalue weighted by Gasteiger charge is -2.12. The fourth-order valence-electron chi connectivity index (χ4n) is 1.58. The number of rotatable bonds is 4. The zero-order valence-electron chi connectivity index (χ0n) is 11.0. The minimum absolute atomic E-state index is 0.107. The van der Waals surface area contributed by atoms with Crippen LogP contribution in [-0.2, 0) is 4.79 Å². The minimum atomic E-state index is -0.284. The maximum atomic E-state index is 12.8. The predicted molar refractivity (Wildman–Crippen MR) is 81.2 cm³/mol. The van der Waals surface area contributed by atoms with Crippen molar-refractivity contribution in [1.29, 1.82) is 0 Å². The Morgan fingerprint density at radius 3 is 2.35 bits per heavy atom. The summed E-state index contributed by atoms with van der Waals surface area (Å²) in [4.78, 5) is 12.9. The normalized spacial score (nSPS) is 11.9. The molecule has 3 N–H and O–H groups in total. The van der Waals surface area contributed by atoms with Gasteiger partial charge in [0, 0.05) is 16.3 Å². The molecule has 0 fully saturated rings. The molecule has 0 radical (unpaired) electrons. The summed E-state index contributed by atoms with van der Waals surface area (Å²) in [7, 11) is 0. The lowest BCUT2D eigenvalue weighted by Crippen LogP contribution is -2.22. The van der Waals surface area contributed by atoms with Gasteiger partial charge in [-0.3, -0.25) is 4.79 Å². The van der Waals surface area contributed by atoms with E-state index in [-0.39, 0.29) is 17.0 Å². The lowest BCUT2D eigenvalue weighted by molar-refractivity contribution is -0.115. The van der Waals surface area contributed by atoms with Crippen molar-refractivity contribution >= 4 is 29.0 Å². The molecular formula is C15H15FN2OS. The highest BCUT2D eigenvalue weighted by Gasteiger charge is 2.14. The number of nitrogen functional groups attached to an aromatic ring is 1.